The van der Waals surface area contributed by atoms with E-state index in [1.165, 1.54) is 38.6 Å². The molecule has 0 aromatic rings. The lowest BCUT2D eigenvalue weighted by Crippen LogP contribution is -2.46. The molecule has 0 amide bonds. The van der Waals surface area contributed by atoms with Gasteiger partial charge in [-0.25, -0.2) is 0 Å². The summed E-state index contributed by atoms with van der Waals surface area (Å²) in [5.74, 6) is 1.70. The highest BCUT2D eigenvalue weighted by atomic mass is 15.1. The Bertz CT molecular complexity index is 265. The quantitative estimate of drug-likeness (QED) is 0.611. The van der Waals surface area contributed by atoms with E-state index in [0.29, 0.717) is 6.04 Å². The summed E-state index contributed by atoms with van der Waals surface area (Å²) >= 11 is 0. The monoisotopic (exact) mass is 278 g/mol. The summed E-state index contributed by atoms with van der Waals surface area (Å²) in [6, 6.07) is 0.704. The Balaban J connectivity index is 2.60. The summed E-state index contributed by atoms with van der Waals surface area (Å²) in [7, 11) is 0. The molecule has 2 heteroatoms. The molecular formula is C18H34N2. The number of rotatable bonds is 10. The Hall–Kier alpha value is -0.600. The van der Waals surface area contributed by atoms with E-state index in [0.717, 1.165) is 31.5 Å². The van der Waals surface area contributed by atoms with Gasteiger partial charge in [-0.3, -0.25) is 4.90 Å². The van der Waals surface area contributed by atoms with Crippen molar-refractivity contribution in [2.75, 3.05) is 26.2 Å². The van der Waals surface area contributed by atoms with Crippen molar-refractivity contribution < 1.29 is 0 Å². The smallest absolute Gasteiger partial charge is 0.0164 e. The number of nitrogens with one attached hydrogen (secondary N) is 1. The first-order chi connectivity index (χ1) is 9.74. The molecule has 2 nitrogen and oxygen atoms in total. The summed E-state index contributed by atoms with van der Waals surface area (Å²) in [5.41, 5.74) is 0. The maximum absolute atomic E-state index is 3.88. The van der Waals surface area contributed by atoms with Crippen LogP contribution in [0, 0.1) is 11.8 Å². The molecule has 1 N–H and O–H groups in total. The molecule has 20 heavy (non-hydrogen) atoms. The molecule has 0 aliphatic heterocycles. The fourth-order valence-electron chi connectivity index (χ4n) is 3.45. The van der Waals surface area contributed by atoms with Crippen LogP contribution in [-0.2, 0) is 0 Å². The second-order valence-electron chi connectivity index (χ2n) is 6.20. The van der Waals surface area contributed by atoms with Crippen LogP contribution in [0.4, 0.5) is 0 Å². The summed E-state index contributed by atoms with van der Waals surface area (Å²) in [4.78, 5) is 2.48. The average molecular weight is 278 g/mol. The van der Waals surface area contributed by atoms with Crippen LogP contribution in [0.3, 0.4) is 0 Å². The van der Waals surface area contributed by atoms with Gasteiger partial charge in [-0.15, -0.1) is 13.2 Å². The van der Waals surface area contributed by atoms with E-state index in [1.807, 2.05) is 12.2 Å². The molecule has 0 spiro atoms. The molecule has 0 bridgehead atoms. The van der Waals surface area contributed by atoms with Gasteiger partial charge in [0.05, 0.1) is 0 Å². The van der Waals surface area contributed by atoms with Crippen molar-refractivity contribution in [1.82, 2.24) is 10.2 Å². The molecule has 116 valence electrons. The van der Waals surface area contributed by atoms with E-state index < -0.39 is 0 Å². The van der Waals surface area contributed by atoms with Gasteiger partial charge < -0.3 is 5.32 Å². The standard InChI is InChI=1S/C18H34N2/c1-5-11-19-18-10-9-16(8-4)14-17(18)15-20(12-6-2)13-7-3/h6-7,16-19H,2-3,5,8-15H2,1,4H3. The predicted octanol–water partition coefficient (Wildman–Crippen LogP) is 3.85. The minimum atomic E-state index is 0.704. The molecule has 0 saturated heterocycles. The van der Waals surface area contributed by atoms with Gasteiger partial charge in [0.2, 0.25) is 0 Å². The number of nitrogens with zero attached hydrogens (tertiary/aromatic N) is 1. The van der Waals surface area contributed by atoms with Crippen LogP contribution in [0.2, 0.25) is 0 Å². The highest BCUT2D eigenvalue weighted by Gasteiger charge is 2.30. The van der Waals surface area contributed by atoms with Crippen molar-refractivity contribution in [2.45, 2.75) is 52.0 Å². The minimum Gasteiger partial charge on any atom is -0.314 e. The van der Waals surface area contributed by atoms with Crippen LogP contribution in [0.5, 0.6) is 0 Å². The first-order valence-electron chi connectivity index (χ1n) is 8.42. The second-order valence-corrected chi connectivity index (χ2v) is 6.20. The van der Waals surface area contributed by atoms with E-state index in [-0.39, 0.29) is 0 Å². The van der Waals surface area contributed by atoms with Crippen molar-refractivity contribution >= 4 is 0 Å². The van der Waals surface area contributed by atoms with Gasteiger partial charge in [-0.05, 0) is 44.1 Å². The van der Waals surface area contributed by atoms with Gasteiger partial charge in [0.1, 0.15) is 0 Å². The van der Waals surface area contributed by atoms with Crippen LogP contribution < -0.4 is 5.32 Å². The van der Waals surface area contributed by atoms with E-state index in [4.69, 9.17) is 0 Å². The molecule has 3 unspecified atom stereocenters. The summed E-state index contributed by atoms with van der Waals surface area (Å²) in [6.07, 6.45) is 10.7. The minimum absolute atomic E-state index is 0.704. The molecule has 0 heterocycles. The van der Waals surface area contributed by atoms with E-state index in [1.54, 1.807) is 0 Å². The summed E-state index contributed by atoms with van der Waals surface area (Å²) < 4.78 is 0. The van der Waals surface area contributed by atoms with Gasteiger partial charge in [-0.2, -0.15) is 0 Å². The zero-order valence-corrected chi connectivity index (χ0v) is 13.6. The summed E-state index contributed by atoms with van der Waals surface area (Å²) in [5, 5.41) is 3.78. The maximum Gasteiger partial charge on any atom is 0.0164 e. The highest BCUT2D eigenvalue weighted by Crippen LogP contribution is 2.32. The number of hydrogen-bond donors (Lipinski definition) is 1. The zero-order valence-electron chi connectivity index (χ0n) is 13.6. The Morgan fingerprint density at radius 1 is 1.15 bits per heavy atom. The third-order valence-corrected chi connectivity index (χ3v) is 4.59. The van der Waals surface area contributed by atoms with Gasteiger partial charge >= 0.3 is 0 Å². The first kappa shape index (κ1) is 17.5. The lowest BCUT2D eigenvalue weighted by molar-refractivity contribution is 0.151. The maximum atomic E-state index is 3.88. The van der Waals surface area contributed by atoms with Crippen molar-refractivity contribution in [2.24, 2.45) is 11.8 Å². The first-order valence-corrected chi connectivity index (χ1v) is 8.42. The van der Waals surface area contributed by atoms with Crippen LogP contribution in [0.25, 0.3) is 0 Å². The molecule has 3 atom stereocenters. The third-order valence-electron chi connectivity index (χ3n) is 4.59. The molecule has 1 saturated carbocycles. The molecule has 1 aliphatic carbocycles. The third kappa shape index (κ3) is 5.80. The predicted molar refractivity (Wildman–Crippen MR) is 90.0 cm³/mol. The Morgan fingerprint density at radius 2 is 1.85 bits per heavy atom. The lowest BCUT2D eigenvalue weighted by Gasteiger charge is -2.39. The van der Waals surface area contributed by atoms with Gasteiger partial charge in [0.15, 0.2) is 0 Å². The molecule has 1 rings (SSSR count). The average Bonchev–Trinajstić information content (AvgIpc) is 2.46. The van der Waals surface area contributed by atoms with E-state index in [9.17, 15) is 0 Å². The van der Waals surface area contributed by atoms with Gasteiger partial charge in [-0.1, -0.05) is 32.4 Å². The van der Waals surface area contributed by atoms with Crippen molar-refractivity contribution in [3.8, 4) is 0 Å². The number of hydrogen-bond acceptors (Lipinski definition) is 2. The fourth-order valence-corrected chi connectivity index (χ4v) is 3.45. The van der Waals surface area contributed by atoms with Crippen LogP contribution in [-0.4, -0.2) is 37.1 Å². The molecule has 1 aliphatic rings. The lowest BCUT2D eigenvalue weighted by atomic mass is 9.76. The molecule has 0 aromatic heterocycles. The van der Waals surface area contributed by atoms with Crippen LogP contribution in [0.1, 0.15) is 46.0 Å². The Morgan fingerprint density at radius 3 is 2.40 bits per heavy atom. The molecule has 0 radical (unpaired) electrons. The molecule has 1 fully saturated rings. The normalized spacial score (nSPS) is 26.6. The topological polar surface area (TPSA) is 15.3 Å². The zero-order chi connectivity index (χ0) is 14.8. The second kappa shape index (κ2) is 10.2. The summed E-state index contributed by atoms with van der Waals surface area (Å²) in [6.45, 7) is 16.6. The molecule has 0 aromatic carbocycles. The SMILES string of the molecule is C=CCN(CC=C)CC1CC(CC)CCC1NCCC. The Labute approximate surface area is 126 Å². The fraction of sp³-hybridized carbons (Fsp3) is 0.778. The largest absolute Gasteiger partial charge is 0.314 e. The van der Waals surface area contributed by atoms with Gasteiger partial charge in [0.25, 0.3) is 0 Å². The van der Waals surface area contributed by atoms with Crippen molar-refractivity contribution in [1.29, 1.82) is 0 Å². The van der Waals surface area contributed by atoms with Crippen LogP contribution in [0.15, 0.2) is 25.3 Å². The van der Waals surface area contributed by atoms with E-state index >= 15 is 0 Å². The van der Waals surface area contributed by atoms with Gasteiger partial charge in [0, 0.05) is 25.7 Å². The highest BCUT2D eigenvalue weighted by molar-refractivity contribution is 4.89. The van der Waals surface area contributed by atoms with Crippen molar-refractivity contribution in [3.63, 3.8) is 0 Å². The van der Waals surface area contributed by atoms with Crippen LogP contribution >= 0.6 is 0 Å². The van der Waals surface area contributed by atoms with E-state index in [2.05, 4.69) is 37.2 Å². The van der Waals surface area contributed by atoms with Crippen molar-refractivity contribution in [3.05, 3.63) is 25.3 Å². The molecular weight excluding hydrogens is 244 g/mol. The Kier molecular flexibility index (Phi) is 8.88.